The van der Waals surface area contributed by atoms with Gasteiger partial charge in [0.25, 0.3) is 0 Å². The summed E-state index contributed by atoms with van der Waals surface area (Å²) in [5, 5.41) is 11.7. The number of pyridine rings is 1. The van der Waals surface area contributed by atoms with E-state index < -0.39 is 17.6 Å². The Morgan fingerprint density at radius 1 is 1.22 bits per heavy atom. The Morgan fingerprint density at radius 3 is 2.67 bits per heavy atom. The van der Waals surface area contributed by atoms with E-state index in [2.05, 4.69) is 9.88 Å². The molecular weight excluding hydrogens is 522 g/mol. The first-order valence-corrected chi connectivity index (χ1v) is 13.7. The van der Waals surface area contributed by atoms with E-state index in [9.17, 15) is 9.90 Å². The Morgan fingerprint density at radius 2 is 1.97 bits per heavy atom. The minimum atomic E-state index is -1.41. The third-order valence-electron chi connectivity index (χ3n) is 7.03. The fraction of sp³-hybridized carbons (Fsp3) is 0.407. The van der Waals surface area contributed by atoms with Crippen molar-refractivity contribution < 1.29 is 19.0 Å². The predicted octanol–water partition coefficient (Wildman–Crippen LogP) is 7.30. The van der Waals surface area contributed by atoms with Gasteiger partial charge < -0.3 is 14.7 Å². The number of alkyl halides is 1. The zero-order valence-electron chi connectivity index (χ0n) is 20.1. The second kappa shape index (κ2) is 12.0. The number of fused-ring (bicyclic) bond motifs is 1. The quantitative estimate of drug-likeness (QED) is 0.267. The number of piperidine rings is 1. The SMILES string of the molecule is COc1ccc2ncc(Cl)c([C@H](F)CCC3(C(=O)O)CCN(CCSc4ccccc4Cl)CC3)c2c1. The van der Waals surface area contributed by atoms with Crippen molar-refractivity contribution in [3.05, 3.63) is 64.3 Å². The topological polar surface area (TPSA) is 62.7 Å². The molecule has 0 saturated carbocycles. The smallest absolute Gasteiger partial charge is 0.309 e. The van der Waals surface area contributed by atoms with E-state index in [-0.39, 0.29) is 17.9 Å². The van der Waals surface area contributed by atoms with Crippen LogP contribution in [0.25, 0.3) is 10.9 Å². The average Bonchev–Trinajstić information content (AvgIpc) is 2.88. The number of ether oxygens (including phenoxy) is 1. The maximum atomic E-state index is 15.6. The standard InChI is InChI=1S/C27H29Cl2FN2O3S/c1-35-18-6-7-23-19(16-18)25(21(29)17-31-23)22(30)8-9-27(26(33)34)10-12-32(13-11-27)14-15-36-24-5-3-2-4-20(24)28/h2-7,16-17,22H,8-15H2,1H3,(H,33,34)/t22-/m1/s1. The third kappa shape index (κ3) is 6.08. The van der Waals surface area contributed by atoms with E-state index in [0.717, 1.165) is 22.2 Å². The van der Waals surface area contributed by atoms with Crippen LogP contribution >= 0.6 is 35.0 Å². The zero-order valence-corrected chi connectivity index (χ0v) is 22.4. The molecule has 192 valence electrons. The number of likely N-dealkylation sites (tertiary alicyclic amines) is 1. The number of aliphatic carboxylic acids is 1. The number of nitrogens with zero attached hydrogens (tertiary/aromatic N) is 2. The Hall–Kier alpha value is -2.06. The van der Waals surface area contributed by atoms with Crippen molar-refractivity contribution in [2.75, 3.05) is 32.5 Å². The maximum Gasteiger partial charge on any atom is 0.309 e. The van der Waals surface area contributed by atoms with Crippen molar-refractivity contribution in [2.45, 2.75) is 36.8 Å². The second-order valence-electron chi connectivity index (χ2n) is 9.12. The number of benzene rings is 2. The summed E-state index contributed by atoms with van der Waals surface area (Å²) in [6, 6.07) is 13.0. The van der Waals surface area contributed by atoms with Crippen molar-refractivity contribution in [3.8, 4) is 5.75 Å². The van der Waals surface area contributed by atoms with E-state index in [0.29, 0.717) is 48.1 Å². The summed E-state index contributed by atoms with van der Waals surface area (Å²) >= 11 is 14.3. The van der Waals surface area contributed by atoms with E-state index in [1.54, 1.807) is 37.1 Å². The van der Waals surface area contributed by atoms with Gasteiger partial charge in [0.2, 0.25) is 0 Å². The molecule has 0 amide bonds. The normalized spacial score (nSPS) is 16.7. The van der Waals surface area contributed by atoms with Crippen LogP contribution in [-0.4, -0.2) is 53.5 Å². The minimum absolute atomic E-state index is 0.0741. The number of methoxy groups -OCH3 is 1. The fourth-order valence-electron chi connectivity index (χ4n) is 4.78. The molecule has 4 rings (SSSR count). The molecule has 5 nitrogen and oxygen atoms in total. The highest BCUT2D eigenvalue weighted by Gasteiger charge is 2.41. The van der Waals surface area contributed by atoms with Crippen LogP contribution in [0.3, 0.4) is 0 Å². The Balaban J connectivity index is 1.38. The molecular formula is C27H29Cl2FN2O3S. The summed E-state index contributed by atoms with van der Waals surface area (Å²) in [4.78, 5) is 19.9. The number of rotatable bonds is 10. The number of halogens is 3. The Bertz CT molecular complexity index is 1220. The first-order valence-electron chi connectivity index (χ1n) is 11.9. The predicted molar refractivity (Wildman–Crippen MR) is 144 cm³/mol. The fourth-order valence-corrected chi connectivity index (χ4v) is 6.30. The van der Waals surface area contributed by atoms with Gasteiger partial charge in [-0.05, 0) is 69.1 Å². The first-order chi connectivity index (χ1) is 17.3. The Labute approximate surface area is 224 Å². The van der Waals surface area contributed by atoms with Crippen LogP contribution in [0.5, 0.6) is 5.75 Å². The van der Waals surface area contributed by atoms with E-state index in [1.807, 2.05) is 24.3 Å². The van der Waals surface area contributed by atoms with Crippen molar-refractivity contribution in [1.29, 1.82) is 0 Å². The summed E-state index contributed by atoms with van der Waals surface area (Å²) in [5.74, 6) is 0.599. The second-order valence-corrected chi connectivity index (χ2v) is 11.1. The molecule has 36 heavy (non-hydrogen) atoms. The van der Waals surface area contributed by atoms with Gasteiger partial charge in [-0.15, -0.1) is 11.8 Å². The number of aromatic nitrogens is 1. The molecule has 2 aromatic carbocycles. The maximum absolute atomic E-state index is 15.6. The van der Waals surface area contributed by atoms with Crippen LogP contribution < -0.4 is 4.74 Å². The summed E-state index contributed by atoms with van der Waals surface area (Å²) in [6.45, 7) is 2.18. The van der Waals surface area contributed by atoms with Crippen molar-refractivity contribution >= 4 is 51.8 Å². The number of hydrogen-bond acceptors (Lipinski definition) is 5. The van der Waals surface area contributed by atoms with E-state index in [1.165, 1.54) is 6.20 Å². The third-order valence-corrected chi connectivity index (χ3v) is 8.82. The van der Waals surface area contributed by atoms with E-state index in [4.69, 9.17) is 27.9 Å². The lowest BCUT2D eigenvalue weighted by molar-refractivity contribution is -0.153. The number of thioether (sulfide) groups is 1. The number of hydrogen-bond donors (Lipinski definition) is 1. The van der Waals surface area contributed by atoms with Crippen molar-refractivity contribution in [3.63, 3.8) is 0 Å². The molecule has 3 aromatic rings. The first kappa shape index (κ1) is 27.0. The summed E-state index contributed by atoms with van der Waals surface area (Å²) in [6.07, 6.45) is 1.34. The van der Waals surface area contributed by atoms with Gasteiger partial charge in [-0.2, -0.15) is 0 Å². The number of carboxylic acid groups (broad SMARTS) is 1. The van der Waals surface area contributed by atoms with E-state index >= 15 is 4.39 Å². The molecule has 0 aliphatic carbocycles. The largest absolute Gasteiger partial charge is 0.497 e. The molecule has 0 spiro atoms. The molecule has 1 atom stereocenters. The van der Waals surface area contributed by atoms with Gasteiger partial charge in [0.1, 0.15) is 11.9 Å². The van der Waals surface area contributed by atoms with Gasteiger partial charge in [-0.25, -0.2) is 4.39 Å². The highest BCUT2D eigenvalue weighted by atomic mass is 35.5. The highest BCUT2D eigenvalue weighted by molar-refractivity contribution is 7.99. The Kier molecular flexibility index (Phi) is 8.99. The number of carboxylic acids is 1. The van der Waals surface area contributed by atoms with Gasteiger partial charge in [0, 0.05) is 34.3 Å². The lowest BCUT2D eigenvalue weighted by Gasteiger charge is -2.39. The van der Waals surface area contributed by atoms with Crippen LogP contribution in [0.1, 0.15) is 37.4 Å². The van der Waals surface area contributed by atoms with Gasteiger partial charge in [-0.1, -0.05) is 35.3 Å². The number of carbonyl (C=O) groups is 1. The molecule has 9 heteroatoms. The molecule has 0 unspecified atom stereocenters. The highest BCUT2D eigenvalue weighted by Crippen LogP contribution is 2.42. The van der Waals surface area contributed by atoms with Crippen molar-refractivity contribution in [2.24, 2.45) is 5.41 Å². The molecule has 1 aliphatic rings. The van der Waals surface area contributed by atoms with Crippen LogP contribution in [0.2, 0.25) is 10.0 Å². The molecule has 0 bridgehead atoms. The lowest BCUT2D eigenvalue weighted by atomic mass is 9.74. The molecule has 1 saturated heterocycles. The van der Waals surface area contributed by atoms with Crippen LogP contribution in [-0.2, 0) is 4.79 Å². The van der Waals surface area contributed by atoms with Crippen molar-refractivity contribution in [1.82, 2.24) is 9.88 Å². The van der Waals surface area contributed by atoms with Crippen LogP contribution in [0.15, 0.2) is 53.6 Å². The van der Waals surface area contributed by atoms with Gasteiger partial charge in [0.05, 0.1) is 28.1 Å². The summed E-state index contributed by atoms with van der Waals surface area (Å²) in [5.41, 5.74) is 0.0212. The molecule has 1 aliphatic heterocycles. The minimum Gasteiger partial charge on any atom is -0.497 e. The van der Waals surface area contributed by atoms with Crippen LogP contribution in [0.4, 0.5) is 4.39 Å². The van der Waals surface area contributed by atoms with Gasteiger partial charge in [-0.3, -0.25) is 9.78 Å². The molecule has 0 radical (unpaired) electrons. The van der Waals surface area contributed by atoms with Crippen LogP contribution in [0, 0.1) is 5.41 Å². The monoisotopic (exact) mass is 550 g/mol. The van der Waals surface area contributed by atoms with Gasteiger partial charge >= 0.3 is 5.97 Å². The zero-order chi connectivity index (χ0) is 25.7. The molecule has 1 aromatic heterocycles. The van der Waals surface area contributed by atoms with Gasteiger partial charge in [0.15, 0.2) is 0 Å². The molecule has 1 fully saturated rings. The summed E-state index contributed by atoms with van der Waals surface area (Å²) < 4.78 is 20.9. The molecule has 2 heterocycles. The lowest BCUT2D eigenvalue weighted by Crippen LogP contribution is -2.45. The molecule has 1 N–H and O–H groups in total. The summed E-state index contributed by atoms with van der Waals surface area (Å²) in [7, 11) is 1.55. The average molecular weight is 552 g/mol.